The number of aromatic nitrogens is 2. The molecule has 1 aromatic heterocycles. The Kier molecular flexibility index (Phi) is 9.27. The third-order valence-corrected chi connectivity index (χ3v) is 9.82. The fourth-order valence-corrected chi connectivity index (χ4v) is 7.34. The van der Waals surface area contributed by atoms with Crippen LogP contribution in [0.25, 0.3) is 0 Å². The lowest BCUT2D eigenvalue weighted by molar-refractivity contribution is -0.165. The molecule has 10 heteroatoms. The Morgan fingerprint density at radius 3 is 2.28 bits per heavy atom. The van der Waals surface area contributed by atoms with Crippen molar-refractivity contribution in [3.63, 3.8) is 0 Å². The van der Waals surface area contributed by atoms with Crippen LogP contribution in [0, 0.1) is 19.8 Å². The molecule has 0 radical (unpaired) electrons. The first kappa shape index (κ1) is 31.2. The summed E-state index contributed by atoms with van der Waals surface area (Å²) in [5, 5.41) is 20.9. The Morgan fingerprint density at radius 1 is 1.07 bits per heavy atom. The molecule has 4 heterocycles. The number of carbonyl (C=O) groups is 3. The SMILES string of the molecule is CCCCN1C(=O)[C@@H]([C@H](O)C(C)C)NC(=O)C12CCN(C(c1cn[nH]c1)c1cc(C)c(C(=O)N3CCCC3)c(C)c1)CC2. The molecule has 1 aromatic carbocycles. The number of piperazine rings is 1. The number of nitrogens with zero attached hydrogens (tertiary/aromatic N) is 4. The first-order valence-electron chi connectivity index (χ1n) is 16.0. The second-order valence-corrected chi connectivity index (χ2v) is 13.1. The number of nitrogens with one attached hydrogen (secondary N) is 2. The second kappa shape index (κ2) is 12.8. The number of hydrogen-bond donors (Lipinski definition) is 3. The molecule has 0 bridgehead atoms. The predicted octanol–water partition coefficient (Wildman–Crippen LogP) is 3.33. The van der Waals surface area contributed by atoms with Gasteiger partial charge in [-0.25, -0.2) is 0 Å². The summed E-state index contributed by atoms with van der Waals surface area (Å²) < 4.78 is 0. The van der Waals surface area contributed by atoms with E-state index in [1.807, 2.05) is 45.0 Å². The summed E-state index contributed by atoms with van der Waals surface area (Å²) in [6, 6.07) is 3.21. The van der Waals surface area contributed by atoms with Gasteiger partial charge in [-0.3, -0.25) is 24.4 Å². The van der Waals surface area contributed by atoms with Crippen LogP contribution in [-0.4, -0.2) is 98.1 Å². The first-order valence-corrected chi connectivity index (χ1v) is 16.0. The summed E-state index contributed by atoms with van der Waals surface area (Å²) in [4.78, 5) is 47.0. The highest BCUT2D eigenvalue weighted by molar-refractivity contribution is 6.00. The number of aromatic amines is 1. The van der Waals surface area contributed by atoms with Crippen molar-refractivity contribution < 1.29 is 19.5 Å². The summed E-state index contributed by atoms with van der Waals surface area (Å²) in [5.41, 5.74) is 3.88. The van der Waals surface area contributed by atoms with E-state index >= 15 is 0 Å². The van der Waals surface area contributed by atoms with E-state index in [-0.39, 0.29) is 29.7 Å². The molecule has 3 N–H and O–H groups in total. The average Bonchev–Trinajstić information content (AvgIpc) is 3.71. The third-order valence-electron chi connectivity index (χ3n) is 9.82. The van der Waals surface area contributed by atoms with Gasteiger partial charge in [0.25, 0.3) is 5.91 Å². The Morgan fingerprint density at radius 2 is 1.72 bits per heavy atom. The summed E-state index contributed by atoms with van der Waals surface area (Å²) in [7, 11) is 0. The number of likely N-dealkylation sites (tertiary alicyclic amines) is 2. The van der Waals surface area contributed by atoms with E-state index in [4.69, 9.17) is 0 Å². The largest absolute Gasteiger partial charge is 0.390 e. The maximum Gasteiger partial charge on any atom is 0.254 e. The average molecular weight is 593 g/mol. The van der Waals surface area contributed by atoms with Crippen LogP contribution in [0.3, 0.4) is 0 Å². The van der Waals surface area contributed by atoms with E-state index in [2.05, 4.69) is 39.5 Å². The number of H-pyrrole nitrogens is 1. The number of carbonyl (C=O) groups excluding carboxylic acids is 3. The Balaban J connectivity index is 1.42. The monoisotopic (exact) mass is 592 g/mol. The van der Waals surface area contributed by atoms with Crippen LogP contribution in [-0.2, 0) is 9.59 Å². The van der Waals surface area contributed by atoms with Crippen molar-refractivity contribution in [1.82, 2.24) is 30.2 Å². The molecule has 3 aliphatic heterocycles. The number of amides is 3. The molecule has 0 saturated carbocycles. The number of rotatable bonds is 9. The molecule has 3 atom stereocenters. The Labute approximate surface area is 255 Å². The van der Waals surface area contributed by atoms with Gasteiger partial charge in [0.05, 0.1) is 18.3 Å². The van der Waals surface area contributed by atoms with Gasteiger partial charge in [-0.1, -0.05) is 39.3 Å². The first-order chi connectivity index (χ1) is 20.6. The van der Waals surface area contributed by atoms with Gasteiger partial charge in [0, 0.05) is 50.0 Å². The van der Waals surface area contributed by atoms with Crippen molar-refractivity contribution in [2.75, 3.05) is 32.7 Å². The zero-order chi connectivity index (χ0) is 30.9. The number of aryl methyl sites for hydroxylation is 2. The lowest BCUT2D eigenvalue weighted by atomic mass is 9.79. The molecule has 1 spiro atoms. The molecule has 3 aliphatic rings. The third kappa shape index (κ3) is 5.83. The van der Waals surface area contributed by atoms with Crippen LogP contribution in [0.15, 0.2) is 24.5 Å². The molecule has 2 aromatic rings. The fraction of sp³-hybridized carbons (Fsp3) is 0.636. The smallest absolute Gasteiger partial charge is 0.254 e. The molecule has 0 aliphatic carbocycles. The molecule has 3 saturated heterocycles. The fourth-order valence-electron chi connectivity index (χ4n) is 7.34. The highest BCUT2D eigenvalue weighted by Gasteiger charge is 2.55. The van der Waals surface area contributed by atoms with Gasteiger partial charge in [0.1, 0.15) is 11.6 Å². The number of piperidine rings is 1. The van der Waals surface area contributed by atoms with Crippen molar-refractivity contribution >= 4 is 17.7 Å². The quantitative estimate of drug-likeness (QED) is 0.411. The number of benzene rings is 1. The maximum absolute atomic E-state index is 13.8. The maximum atomic E-state index is 13.8. The Bertz CT molecular complexity index is 1290. The van der Waals surface area contributed by atoms with Gasteiger partial charge >= 0.3 is 0 Å². The van der Waals surface area contributed by atoms with Gasteiger partial charge in [-0.2, -0.15) is 5.10 Å². The minimum Gasteiger partial charge on any atom is -0.390 e. The number of unbranched alkanes of at least 4 members (excludes halogenated alkanes) is 1. The van der Waals surface area contributed by atoms with Crippen molar-refractivity contribution in [2.24, 2.45) is 5.92 Å². The van der Waals surface area contributed by atoms with E-state index < -0.39 is 17.7 Å². The topological polar surface area (TPSA) is 122 Å². The lowest BCUT2D eigenvalue weighted by Crippen LogP contribution is -2.75. The number of hydrogen-bond acceptors (Lipinski definition) is 6. The molecule has 3 amide bonds. The summed E-state index contributed by atoms with van der Waals surface area (Å²) in [5.74, 6) is -0.389. The minimum atomic E-state index is -0.936. The van der Waals surface area contributed by atoms with Gasteiger partial charge in [0.2, 0.25) is 11.8 Å². The molecule has 10 nitrogen and oxygen atoms in total. The highest BCUT2D eigenvalue weighted by atomic mass is 16.3. The van der Waals surface area contributed by atoms with Crippen LogP contribution in [0.1, 0.15) is 97.9 Å². The van der Waals surface area contributed by atoms with E-state index in [1.54, 1.807) is 4.90 Å². The van der Waals surface area contributed by atoms with Gasteiger partial charge in [0.15, 0.2) is 0 Å². The van der Waals surface area contributed by atoms with Crippen molar-refractivity contribution in [2.45, 2.75) is 96.9 Å². The molecule has 234 valence electrons. The van der Waals surface area contributed by atoms with Crippen LogP contribution < -0.4 is 5.32 Å². The van der Waals surface area contributed by atoms with Gasteiger partial charge < -0.3 is 20.2 Å². The minimum absolute atomic E-state index is 0.111. The van der Waals surface area contributed by atoms with Crippen molar-refractivity contribution in [3.05, 3.63) is 52.3 Å². The normalized spacial score (nSPS) is 22.3. The summed E-state index contributed by atoms with van der Waals surface area (Å²) >= 11 is 0. The predicted molar refractivity (Wildman–Crippen MR) is 164 cm³/mol. The Hall–Kier alpha value is -3.24. The highest BCUT2D eigenvalue weighted by Crippen LogP contribution is 2.39. The molecule has 1 unspecified atom stereocenters. The molecule has 5 rings (SSSR count). The lowest BCUT2D eigenvalue weighted by Gasteiger charge is -2.53. The van der Waals surface area contributed by atoms with Crippen LogP contribution >= 0.6 is 0 Å². The molecular formula is C33H48N6O4. The summed E-state index contributed by atoms with van der Waals surface area (Å²) in [6.45, 7) is 13.2. The van der Waals surface area contributed by atoms with E-state index in [9.17, 15) is 19.5 Å². The van der Waals surface area contributed by atoms with Crippen molar-refractivity contribution in [3.8, 4) is 0 Å². The van der Waals surface area contributed by atoms with E-state index in [0.29, 0.717) is 32.5 Å². The second-order valence-electron chi connectivity index (χ2n) is 13.1. The zero-order valence-electron chi connectivity index (χ0n) is 26.4. The number of aliphatic hydroxyl groups excluding tert-OH is 1. The van der Waals surface area contributed by atoms with E-state index in [0.717, 1.165) is 66.6 Å². The molecule has 3 fully saturated rings. The number of aliphatic hydroxyl groups is 1. The van der Waals surface area contributed by atoms with Gasteiger partial charge in [-0.15, -0.1) is 0 Å². The van der Waals surface area contributed by atoms with Crippen LogP contribution in [0.2, 0.25) is 0 Å². The van der Waals surface area contributed by atoms with Crippen LogP contribution in [0.4, 0.5) is 0 Å². The van der Waals surface area contributed by atoms with Crippen molar-refractivity contribution in [1.29, 1.82) is 0 Å². The zero-order valence-corrected chi connectivity index (χ0v) is 26.4. The van der Waals surface area contributed by atoms with Crippen LogP contribution in [0.5, 0.6) is 0 Å². The molecule has 43 heavy (non-hydrogen) atoms. The summed E-state index contributed by atoms with van der Waals surface area (Å²) in [6.07, 6.45) is 7.62. The molecular weight excluding hydrogens is 544 g/mol. The van der Waals surface area contributed by atoms with Gasteiger partial charge in [-0.05, 0) is 68.6 Å². The standard InChI is InChI=1S/C33H48N6O4/c1-6-7-14-39-31(42)27(29(40)21(2)3)36-32(43)33(39)10-15-37(16-11-33)28(25-19-34-35-20-25)24-17-22(4)26(23(5)18-24)30(41)38-12-8-9-13-38/h17-21,27-29,40H,6-16H2,1-5H3,(H,34,35)(H,36,43)/t27-,28?,29-/m1/s1. The van der Waals surface area contributed by atoms with E-state index in [1.165, 1.54) is 0 Å².